The minimum atomic E-state index is -3.74. The van der Waals surface area contributed by atoms with Gasteiger partial charge in [0.2, 0.25) is 10.0 Å². The number of ether oxygens (including phenoxy) is 1. The van der Waals surface area contributed by atoms with Crippen LogP contribution in [-0.2, 0) is 10.0 Å². The lowest BCUT2D eigenvalue weighted by Crippen LogP contribution is -2.30. The van der Waals surface area contributed by atoms with E-state index in [1.165, 1.54) is 37.8 Å². The number of rotatable bonds is 5. The van der Waals surface area contributed by atoms with E-state index in [1.807, 2.05) is 4.72 Å². The third kappa shape index (κ3) is 3.87. The van der Waals surface area contributed by atoms with E-state index in [9.17, 15) is 17.6 Å². The number of nitrogens with one attached hydrogen (secondary N) is 1. The number of sulfonamides is 1. The summed E-state index contributed by atoms with van der Waals surface area (Å²) in [6.07, 6.45) is 9.89. The summed E-state index contributed by atoms with van der Waals surface area (Å²) in [6, 6.07) is 2.72. The Kier molecular flexibility index (Phi) is 4.25. The summed E-state index contributed by atoms with van der Waals surface area (Å²) in [7, 11) is -3.74. The molecule has 0 saturated heterocycles. The van der Waals surface area contributed by atoms with Crippen LogP contribution in [-0.4, -0.2) is 26.7 Å². The summed E-state index contributed by atoms with van der Waals surface area (Å²) in [6.45, 7) is 0. The summed E-state index contributed by atoms with van der Waals surface area (Å²) in [5, 5.41) is 0. The standard InChI is InChI=1S/C19H24FNO4S/c1-26(23,24)21-18(22)15-10-14(12-2-3-12)17(11-16(15)20)25-13-4-6-19(7-5-13)8-9-19/h10-13H,2-9H2,1H3,(H,21,22). The van der Waals surface area contributed by atoms with Crippen LogP contribution < -0.4 is 9.46 Å². The van der Waals surface area contributed by atoms with Crippen LogP contribution in [0.4, 0.5) is 4.39 Å². The van der Waals surface area contributed by atoms with Crippen molar-refractivity contribution in [1.82, 2.24) is 4.72 Å². The van der Waals surface area contributed by atoms with Gasteiger partial charge in [0.05, 0.1) is 17.9 Å². The van der Waals surface area contributed by atoms with Crippen LogP contribution in [0.15, 0.2) is 12.1 Å². The Hall–Kier alpha value is -1.63. The van der Waals surface area contributed by atoms with Crippen molar-refractivity contribution in [2.45, 2.75) is 63.4 Å². The fourth-order valence-electron chi connectivity index (χ4n) is 3.96. The average molecular weight is 381 g/mol. The first kappa shape index (κ1) is 17.8. The van der Waals surface area contributed by atoms with Gasteiger partial charge in [-0.15, -0.1) is 0 Å². The predicted molar refractivity (Wildman–Crippen MR) is 95.2 cm³/mol. The van der Waals surface area contributed by atoms with E-state index in [4.69, 9.17) is 4.74 Å². The van der Waals surface area contributed by atoms with Crippen LogP contribution in [0.3, 0.4) is 0 Å². The van der Waals surface area contributed by atoms with E-state index < -0.39 is 21.7 Å². The molecule has 1 aromatic carbocycles. The summed E-state index contributed by atoms with van der Waals surface area (Å²) in [5.41, 5.74) is 1.14. The van der Waals surface area contributed by atoms with E-state index in [-0.39, 0.29) is 17.6 Å². The van der Waals surface area contributed by atoms with Gasteiger partial charge >= 0.3 is 0 Å². The van der Waals surface area contributed by atoms with E-state index in [0.29, 0.717) is 11.2 Å². The minimum absolute atomic E-state index is 0.0915. The molecule has 0 bridgehead atoms. The first-order valence-corrected chi connectivity index (χ1v) is 11.2. The summed E-state index contributed by atoms with van der Waals surface area (Å²) in [4.78, 5) is 12.1. The van der Waals surface area contributed by atoms with Gasteiger partial charge in [0.15, 0.2) is 0 Å². The van der Waals surface area contributed by atoms with E-state index in [1.54, 1.807) is 0 Å². The molecule has 0 radical (unpaired) electrons. The Morgan fingerprint density at radius 3 is 2.35 bits per heavy atom. The van der Waals surface area contributed by atoms with Crippen LogP contribution in [0, 0.1) is 11.2 Å². The molecule has 142 valence electrons. The SMILES string of the molecule is CS(=O)(=O)NC(=O)c1cc(C2CC2)c(OC2CCC3(CC2)CC3)cc1F. The Morgan fingerprint density at radius 2 is 1.81 bits per heavy atom. The average Bonchev–Trinajstić information content (AvgIpc) is 3.45. The van der Waals surface area contributed by atoms with Crippen LogP contribution in [0.1, 0.15) is 73.2 Å². The zero-order valence-corrected chi connectivity index (χ0v) is 15.7. The number of carbonyl (C=O) groups excluding carboxylic acids is 1. The van der Waals surface area contributed by atoms with Gasteiger partial charge in [-0.1, -0.05) is 0 Å². The minimum Gasteiger partial charge on any atom is -0.490 e. The highest BCUT2D eigenvalue weighted by atomic mass is 32.2. The maximum atomic E-state index is 14.5. The Bertz CT molecular complexity index is 833. The molecule has 1 amide bonds. The van der Waals surface area contributed by atoms with Gasteiger partial charge in [0.25, 0.3) is 5.91 Å². The Morgan fingerprint density at radius 1 is 1.15 bits per heavy atom. The molecular formula is C19H24FNO4S. The molecule has 0 unspecified atom stereocenters. The number of amides is 1. The lowest BCUT2D eigenvalue weighted by Gasteiger charge is -2.29. The molecule has 3 aliphatic rings. The lowest BCUT2D eigenvalue weighted by atomic mass is 9.84. The first-order valence-electron chi connectivity index (χ1n) is 9.27. The van der Waals surface area contributed by atoms with Crippen molar-refractivity contribution in [3.63, 3.8) is 0 Å². The van der Waals surface area contributed by atoms with Crippen LogP contribution in [0.5, 0.6) is 5.75 Å². The number of halogens is 1. The quantitative estimate of drug-likeness (QED) is 0.847. The van der Waals surface area contributed by atoms with Crippen molar-refractivity contribution in [2.24, 2.45) is 5.41 Å². The van der Waals surface area contributed by atoms with Crippen LogP contribution in [0.2, 0.25) is 0 Å². The Labute approximate surface area is 153 Å². The molecule has 3 saturated carbocycles. The molecule has 5 nitrogen and oxygen atoms in total. The van der Waals surface area contributed by atoms with Crippen molar-refractivity contribution < 1.29 is 22.3 Å². The molecule has 3 aliphatic carbocycles. The normalized spacial score (nSPS) is 22.2. The second kappa shape index (κ2) is 6.22. The second-order valence-electron chi connectivity index (χ2n) is 8.16. The smallest absolute Gasteiger partial charge is 0.267 e. The van der Waals surface area contributed by atoms with Crippen molar-refractivity contribution >= 4 is 15.9 Å². The molecule has 1 N–H and O–H groups in total. The molecule has 0 aliphatic heterocycles. The highest BCUT2D eigenvalue weighted by molar-refractivity contribution is 7.89. The molecule has 0 heterocycles. The second-order valence-corrected chi connectivity index (χ2v) is 9.91. The van der Waals surface area contributed by atoms with Gasteiger partial charge in [0.1, 0.15) is 11.6 Å². The highest BCUT2D eigenvalue weighted by Gasteiger charge is 2.45. The van der Waals surface area contributed by atoms with Gasteiger partial charge in [-0.2, -0.15) is 0 Å². The fraction of sp³-hybridized carbons (Fsp3) is 0.632. The fourth-order valence-corrected chi connectivity index (χ4v) is 4.41. The number of hydrogen-bond donors (Lipinski definition) is 1. The predicted octanol–water partition coefficient (Wildman–Crippen LogP) is 3.49. The van der Waals surface area contributed by atoms with Gasteiger partial charge < -0.3 is 4.74 Å². The largest absolute Gasteiger partial charge is 0.490 e. The maximum absolute atomic E-state index is 14.5. The maximum Gasteiger partial charge on any atom is 0.267 e. The number of benzene rings is 1. The van der Waals surface area contributed by atoms with Crippen molar-refractivity contribution in [3.8, 4) is 5.75 Å². The third-order valence-electron chi connectivity index (χ3n) is 5.88. The van der Waals surface area contributed by atoms with Gasteiger partial charge in [-0.25, -0.2) is 17.5 Å². The lowest BCUT2D eigenvalue weighted by molar-refractivity contribution is 0.0977. The number of carbonyl (C=O) groups is 1. The van der Waals surface area contributed by atoms with Gasteiger partial charge in [0, 0.05) is 6.07 Å². The van der Waals surface area contributed by atoms with Gasteiger partial charge in [-0.3, -0.25) is 4.79 Å². The molecule has 1 spiro atoms. The zero-order valence-electron chi connectivity index (χ0n) is 14.9. The van der Waals surface area contributed by atoms with Gasteiger partial charge in [-0.05, 0) is 74.3 Å². The zero-order chi connectivity index (χ0) is 18.5. The van der Waals surface area contributed by atoms with Crippen molar-refractivity contribution in [2.75, 3.05) is 6.26 Å². The van der Waals surface area contributed by atoms with Crippen molar-refractivity contribution in [1.29, 1.82) is 0 Å². The summed E-state index contributed by atoms with van der Waals surface area (Å²) >= 11 is 0. The monoisotopic (exact) mass is 381 g/mol. The molecule has 4 rings (SSSR count). The highest BCUT2D eigenvalue weighted by Crippen LogP contribution is 2.56. The first-order chi connectivity index (χ1) is 12.2. The molecule has 7 heteroatoms. The van der Waals surface area contributed by atoms with E-state index in [2.05, 4.69) is 0 Å². The molecular weight excluding hydrogens is 357 g/mol. The molecule has 1 aromatic rings. The number of hydrogen-bond acceptors (Lipinski definition) is 4. The topological polar surface area (TPSA) is 72.5 Å². The summed E-state index contributed by atoms with van der Waals surface area (Å²) in [5.74, 6) is -0.918. The van der Waals surface area contributed by atoms with E-state index >= 15 is 0 Å². The van der Waals surface area contributed by atoms with Crippen molar-refractivity contribution in [3.05, 3.63) is 29.1 Å². The van der Waals surface area contributed by atoms with Crippen LogP contribution in [0.25, 0.3) is 0 Å². The molecule has 0 atom stereocenters. The van der Waals surface area contributed by atoms with E-state index in [0.717, 1.165) is 37.5 Å². The third-order valence-corrected chi connectivity index (χ3v) is 6.44. The molecule has 3 fully saturated rings. The Balaban J connectivity index is 1.55. The molecule has 0 aromatic heterocycles. The summed E-state index contributed by atoms with van der Waals surface area (Å²) < 4.78 is 45.0. The molecule has 26 heavy (non-hydrogen) atoms. The van der Waals surface area contributed by atoms with Crippen LogP contribution >= 0.6 is 0 Å².